The lowest BCUT2D eigenvalue weighted by atomic mass is 9.94. The van der Waals surface area contributed by atoms with Gasteiger partial charge in [0.05, 0.1) is 0 Å². The van der Waals surface area contributed by atoms with E-state index in [9.17, 15) is 9.50 Å². The first-order chi connectivity index (χ1) is 10.5. The molecule has 116 valence electrons. The Labute approximate surface area is 135 Å². The molecule has 0 saturated carbocycles. The van der Waals surface area contributed by atoms with Crippen LogP contribution < -0.4 is 0 Å². The molecule has 0 fully saturated rings. The second-order valence-corrected chi connectivity index (χ2v) is 5.83. The molecule has 0 spiro atoms. The predicted octanol–water partition coefficient (Wildman–Crippen LogP) is 4.16. The number of halogens is 2. The van der Waals surface area contributed by atoms with Gasteiger partial charge >= 0.3 is 0 Å². The quantitative estimate of drug-likeness (QED) is 0.894. The van der Waals surface area contributed by atoms with Gasteiger partial charge in [-0.15, -0.1) is 0 Å². The van der Waals surface area contributed by atoms with E-state index in [1.165, 1.54) is 12.1 Å². The van der Waals surface area contributed by atoms with Crippen molar-refractivity contribution in [1.82, 2.24) is 4.90 Å². The van der Waals surface area contributed by atoms with Crippen LogP contribution in [0.3, 0.4) is 0 Å². The number of nitrogens with zero attached hydrogens (tertiary/aromatic N) is 1. The summed E-state index contributed by atoms with van der Waals surface area (Å²) in [5.74, 6) is -0.366. The molecule has 1 atom stereocenters. The molecule has 0 aromatic heterocycles. The first-order valence-electron chi connectivity index (χ1n) is 7.01. The summed E-state index contributed by atoms with van der Waals surface area (Å²) >= 11 is 6.05. The maximum absolute atomic E-state index is 13.4. The molecule has 4 heteroatoms. The molecule has 0 aliphatic carbocycles. The van der Waals surface area contributed by atoms with Crippen LogP contribution in [0.2, 0.25) is 5.02 Å². The van der Waals surface area contributed by atoms with Crippen LogP contribution in [-0.4, -0.2) is 30.6 Å². The van der Waals surface area contributed by atoms with E-state index in [4.69, 9.17) is 11.6 Å². The van der Waals surface area contributed by atoms with E-state index in [0.29, 0.717) is 22.7 Å². The summed E-state index contributed by atoms with van der Waals surface area (Å²) in [6.07, 6.45) is 1.02. The highest BCUT2D eigenvalue weighted by molar-refractivity contribution is 6.30. The van der Waals surface area contributed by atoms with Crippen molar-refractivity contribution in [3.8, 4) is 0 Å². The first-order valence-corrected chi connectivity index (χ1v) is 7.39. The molecule has 1 N–H and O–H groups in total. The average Bonchev–Trinajstić information content (AvgIpc) is 2.47. The van der Waals surface area contributed by atoms with Crippen LogP contribution in [0.25, 0.3) is 5.57 Å². The van der Waals surface area contributed by atoms with Gasteiger partial charge in [0.25, 0.3) is 0 Å². The molecule has 0 aliphatic heterocycles. The molecule has 0 aliphatic rings. The van der Waals surface area contributed by atoms with Crippen LogP contribution in [-0.2, 0) is 0 Å². The Morgan fingerprint density at radius 3 is 2.59 bits per heavy atom. The van der Waals surface area contributed by atoms with Gasteiger partial charge in [-0.25, -0.2) is 4.39 Å². The molecule has 2 aromatic carbocycles. The van der Waals surface area contributed by atoms with Crippen molar-refractivity contribution in [3.05, 3.63) is 76.6 Å². The lowest BCUT2D eigenvalue weighted by molar-refractivity contribution is 0.237. The van der Waals surface area contributed by atoms with Gasteiger partial charge in [-0.2, -0.15) is 0 Å². The Morgan fingerprint density at radius 2 is 1.95 bits per heavy atom. The zero-order valence-electron chi connectivity index (χ0n) is 12.6. The third-order valence-electron chi connectivity index (χ3n) is 3.29. The number of hydrogen-bond donors (Lipinski definition) is 1. The fourth-order valence-electron chi connectivity index (χ4n) is 2.19. The van der Waals surface area contributed by atoms with Gasteiger partial charge in [0.1, 0.15) is 11.9 Å². The van der Waals surface area contributed by atoms with Gasteiger partial charge in [0.15, 0.2) is 0 Å². The summed E-state index contributed by atoms with van der Waals surface area (Å²) in [6, 6.07) is 13.3. The highest BCUT2D eigenvalue weighted by Gasteiger charge is 2.16. The van der Waals surface area contributed by atoms with Crippen LogP contribution >= 0.6 is 11.6 Å². The summed E-state index contributed by atoms with van der Waals surface area (Å²) < 4.78 is 13.4. The van der Waals surface area contributed by atoms with E-state index < -0.39 is 6.10 Å². The van der Waals surface area contributed by atoms with Gasteiger partial charge in [0, 0.05) is 11.6 Å². The minimum atomic E-state index is -0.908. The van der Waals surface area contributed by atoms with E-state index in [0.717, 1.165) is 5.56 Å². The molecule has 2 rings (SSSR count). The number of benzene rings is 2. The molecular weight excluding hydrogens is 301 g/mol. The number of aliphatic hydroxyl groups excluding tert-OH is 1. The summed E-state index contributed by atoms with van der Waals surface area (Å²) in [4.78, 5) is 1.99. The molecule has 0 heterocycles. The second-order valence-electron chi connectivity index (χ2n) is 5.39. The summed E-state index contributed by atoms with van der Waals surface area (Å²) in [7, 11) is 3.89. The minimum absolute atomic E-state index is 0.366. The zero-order valence-corrected chi connectivity index (χ0v) is 13.4. The molecule has 22 heavy (non-hydrogen) atoms. The Hall–Kier alpha value is -1.68. The Kier molecular flexibility index (Phi) is 5.72. The lowest BCUT2D eigenvalue weighted by Gasteiger charge is -2.18. The monoisotopic (exact) mass is 319 g/mol. The van der Waals surface area contributed by atoms with Gasteiger partial charge in [-0.1, -0.05) is 41.9 Å². The van der Waals surface area contributed by atoms with Crippen LogP contribution in [0.5, 0.6) is 0 Å². The maximum atomic E-state index is 13.4. The second kappa shape index (κ2) is 7.54. The van der Waals surface area contributed by atoms with Gasteiger partial charge < -0.3 is 10.0 Å². The van der Waals surface area contributed by atoms with E-state index in [1.807, 2.05) is 37.2 Å². The molecule has 2 aromatic rings. The third-order valence-corrected chi connectivity index (χ3v) is 3.53. The predicted molar refractivity (Wildman–Crippen MR) is 89.3 cm³/mol. The molecule has 0 saturated heterocycles. The van der Waals surface area contributed by atoms with Crippen molar-refractivity contribution >= 4 is 17.2 Å². The topological polar surface area (TPSA) is 23.5 Å². The van der Waals surface area contributed by atoms with Crippen LogP contribution in [0.15, 0.2) is 54.6 Å². The molecule has 0 amide bonds. The molecule has 0 bridgehead atoms. The third kappa shape index (κ3) is 4.41. The van der Waals surface area contributed by atoms with Crippen molar-refractivity contribution in [2.24, 2.45) is 0 Å². The van der Waals surface area contributed by atoms with Crippen LogP contribution in [0.1, 0.15) is 17.2 Å². The van der Waals surface area contributed by atoms with Gasteiger partial charge in [0.2, 0.25) is 0 Å². The smallest absolute Gasteiger partial charge is 0.123 e. The Morgan fingerprint density at radius 1 is 1.23 bits per heavy atom. The largest absolute Gasteiger partial charge is 0.384 e. The minimum Gasteiger partial charge on any atom is -0.384 e. The highest BCUT2D eigenvalue weighted by Crippen LogP contribution is 2.31. The number of likely N-dealkylation sites (N-methyl/N-ethyl adjacent to an activating group) is 1. The van der Waals surface area contributed by atoms with E-state index >= 15 is 0 Å². The summed E-state index contributed by atoms with van der Waals surface area (Å²) in [5.41, 5.74) is 2.05. The molecule has 0 radical (unpaired) electrons. The Bertz CT molecular complexity index is 670. The highest BCUT2D eigenvalue weighted by atomic mass is 35.5. The summed E-state index contributed by atoms with van der Waals surface area (Å²) in [6.45, 7) is 0.661. The average molecular weight is 320 g/mol. The summed E-state index contributed by atoms with van der Waals surface area (Å²) in [5, 5.41) is 11.3. The SMILES string of the molecule is CN(C)C/C=C(\c1cccc(Cl)c1)C(O)c1cccc(F)c1. The van der Waals surface area contributed by atoms with E-state index in [1.54, 1.807) is 24.3 Å². The van der Waals surface area contributed by atoms with E-state index in [2.05, 4.69) is 0 Å². The number of hydrogen-bond acceptors (Lipinski definition) is 2. The van der Waals surface area contributed by atoms with Crippen molar-refractivity contribution in [1.29, 1.82) is 0 Å². The van der Waals surface area contributed by atoms with Crippen LogP contribution in [0, 0.1) is 5.82 Å². The van der Waals surface area contributed by atoms with Crippen LogP contribution in [0.4, 0.5) is 4.39 Å². The lowest BCUT2D eigenvalue weighted by Crippen LogP contribution is -2.12. The Balaban J connectivity index is 2.42. The van der Waals surface area contributed by atoms with Crippen molar-refractivity contribution in [3.63, 3.8) is 0 Å². The van der Waals surface area contributed by atoms with Gasteiger partial charge in [-0.3, -0.25) is 0 Å². The molecular formula is C18H19ClFNO. The van der Waals surface area contributed by atoms with Crippen molar-refractivity contribution < 1.29 is 9.50 Å². The molecule has 1 unspecified atom stereocenters. The van der Waals surface area contributed by atoms with Gasteiger partial charge in [-0.05, 0) is 55.1 Å². The first kappa shape index (κ1) is 16.7. The number of rotatable bonds is 5. The number of aliphatic hydroxyl groups is 1. The maximum Gasteiger partial charge on any atom is 0.123 e. The van der Waals surface area contributed by atoms with Crippen molar-refractivity contribution in [2.75, 3.05) is 20.6 Å². The standard InChI is InChI=1S/C18H19ClFNO/c1-21(2)10-9-17(13-5-3-7-15(19)11-13)18(22)14-6-4-8-16(20)12-14/h3-9,11-12,18,22H,10H2,1-2H3/b17-9+. The van der Waals surface area contributed by atoms with E-state index in [-0.39, 0.29) is 5.82 Å². The zero-order chi connectivity index (χ0) is 16.1. The molecule has 2 nitrogen and oxygen atoms in total. The fourth-order valence-corrected chi connectivity index (χ4v) is 2.38. The van der Waals surface area contributed by atoms with Crippen molar-refractivity contribution in [2.45, 2.75) is 6.10 Å². The fraction of sp³-hybridized carbons (Fsp3) is 0.222. The normalized spacial score (nSPS) is 13.5.